The third-order valence-electron chi connectivity index (χ3n) is 3.19. The van der Waals surface area contributed by atoms with Crippen LogP contribution in [0.25, 0.3) is 0 Å². The van der Waals surface area contributed by atoms with Crippen molar-refractivity contribution < 1.29 is 13.2 Å². The molecule has 100 valence electrons. The molecule has 0 bridgehead atoms. The molecule has 0 saturated carbocycles. The van der Waals surface area contributed by atoms with Gasteiger partial charge in [-0.3, -0.25) is 0 Å². The van der Waals surface area contributed by atoms with E-state index in [0.717, 1.165) is 24.3 Å². The summed E-state index contributed by atoms with van der Waals surface area (Å²) in [4.78, 5) is 0. The molecule has 0 aromatic heterocycles. The maximum Gasteiger partial charge on any atom is 0.155 e. The summed E-state index contributed by atoms with van der Waals surface area (Å²) in [5, 5.41) is 2.81. The van der Waals surface area contributed by atoms with E-state index in [4.69, 9.17) is 4.74 Å². The zero-order valence-electron chi connectivity index (χ0n) is 10.7. The van der Waals surface area contributed by atoms with E-state index in [9.17, 15) is 8.42 Å². The van der Waals surface area contributed by atoms with Crippen molar-refractivity contribution in [1.29, 1.82) is 0 Å². The Bertz CT molecular complexity index is 513. The molecule has 0 amide bonds. The maximum absolute atomic E-state index is 11.8. The van der Waals surface area contributed by atoms with Gasteiger partial charge in [-0.2, -0.15) is 0 Å². The Balaban J connectivity index is 2.36. The minimum absolute atomic E-state index is 0.176. The lowest BCUT2D eigenvalue weighted by Gasteiger charge is -2.33. The number of fused-ring (bicyclic) bond motifs is 1. The molecule has 0 spiro atoms. The van der Waals surface area contributed by atoms with Crippen LogP contribution in [-0.2, 0) is 9.84 Å². The van der Waals surface area contributed by atoms with Crippen molar-refractivity contribution in [1.82, 2.24) is 5.32 Å². The quantitative estimate of drug-likeness (QED) is 0.900. The van der Waals surface area contributed by atoms with Crippen molar-refractivity contribution in [2.24, 2.45) is 0 Å². The number of nitrogens with one attached hydrogen (secondary N) is 1. The van der Waals surface area contributed by atoms with Crippen molar-refractivity contribution >= 4 is 9.84 Å². The summed E-state index contributed by atoms with van der Waals surface area (Å²) in [7, 11) is -3.14. The van der Waals surface area contributed by atoms with Crippen LogP contribution in [0.2, 0.25) is 0 Å². The van der Waals surface area contributed by atoms with Gasteiger partial charge in [0.2, 0.25) is 0 Å². The third kappa shape index (κ3) is 2.67. The van der Waals surface area contributed by atoms with E-state index in [1.54, 1.807) is 0 Å². The third-order valence-corrected chi connectivity index (χ3v) is 4.70. The first-order valence-corrected chi connectivity index (χ1v) is 8.13. The number of ether oxygens (including phenoxy) is 1. The van der Waals surface area contributed by atoms with Gasteiger partial charge in [0.05, 0.1) is 6.04 Å². The van der Waals surface area contributed by atoms with Crippen LogP contribution < -0.4 is 10.1 Å². The molecule has 2 atom stereocenters. The van der Waals surface area contributed by atoms with Crippen molar-refractivity contribution in [2.45, 2.75) is 24.6 Å². The Morgan fingerprint density at radius 3 is 2.78 bits per heavy atom. The van der Waals surface area contributed by atoms with Crippen LogP contribution in [0.1, 0.15) is 24.9 Å². The average Bonchev–Trinajstić information content (AvgIpc) is 2.34. The minimum Gasteiger partial charge on any atom is -0.492 e. The second-order valence-electron chi connectivity index (χ2n) is 4.65. The van der Waals surface area contributed by atoms with Crippen molar-refractivity contribution in [3.8, 4) is 5.75 Å². The molecule has 1 aliphatic rings. The van der Waals surface area contributed by atoms with Crippen LogP contribution in [0.3, 0.4) is 0 Å². The van der Waals surface area contributed by atoms with E-state index in [1.807, 2.05) is 24.3 Å². The summed E-state index contributed by atoms with van der Waals surface area (Å²) < 4.78 is 29.3. The van der Waals surface area contributed by atoms with Gasteiger partial charge >= 0.3 is 0 Å². The van der Waals surface area contributed by atoms with Gasteiger partial charge in [-0.25, -0.2) is 8.42 Å². The van der Waals surface area contributed by atoms with Crippen molar-refractivity contribution in [3.05, 3.63) is 29.8 Å². The minimum atomic E-state index is -3.14. The highest BCUT2D eigenvalue weighted by Crippen LogP contribution is 2.34. The molecule has 5 heteroatoms. The van der Waals surface area contributed by atoms with Gasteiger partial charge in [-0.1, -0.05) is 25.1 Å². The molecule has 0 aliphatic carbocycles. The fraction of sp³-hybridized carbons (Fsp3) is 0.538. The summed E-state index contributed by atoms with van der Waals surface area (Å²) in [6, 6.07) is 7.45. The van der Waals surface area contributed by atoms with Crippen LogP contribution in [0.5, 0.6) is 5.75 Å². The SMILES string of the molecule is CCCNC1c2ccccc2OCC1S(C)(=O)=O. The molecule has 0 saturated heterocycles. The smallest absolute Gasteiger partial charge is 0.155 e. The monoisotopic (exact) mass is 269 g/mol. The van der Waals surface area contributed by atoms with Gasteiger partial charge in [-0.05, 0) is 19.0 Å². The van der Waals surface area contributed by atoms with E-state index in [2.05, 4.69) is 12.2 Å². The zero-order valence-corrected chi connectivity index (χ0v) is 11.5. The lowest BCUT2D eigenvalue weighted by molar-refractivity contribution is 0.255. The Morgan fingerprint density at radius 2 is 2.11 bits per heavy atom. The highest BCUT2D eigenvalue weighted by atomic mass is 32.2. The Morgan fingerprint density at radius 1 is 1.39 bits per heavy atom. The number of sulfone groups is 1. The van der Waals surface area contributed by atoms with Crippen LogP contribution in [0.4, 0.5) is 0 Å². The van der Waals surface area contributed by atoms with Gasteiger partial charge in [0, 0.05) is 11.8 Å². The van der Waals surface area contributed by atoms with Crippen molar-refractivity contribution in [3.63, 3.8) is 0 Å². The molecule has 0 radical (unpaired) electrons. The topological polar surface area (TPSA) is 55.4 Å². The van der Waals surface area contributed by atoms with Crippen LogP contribution in [0, 0.1) is 0 Å². The average molecular weight is 269 g/mol. The fourth-order valence-corrected chi connectivity index (χ4v) is 3.30. The highest BCUT2D eigenvalue weighted by molar-refractivity contribution is 7.91. The first-order valence-electron chi connectivity index (χ1n) is 6.18. The Hall–Kier alpha value is -1.07. The van der Waals surface area contributed by atoms with Crippen LogP contribution in [0.15, 0.2) is 24.3 Å². The van der Waals surface area contributed by atoms with Crippen LogP contribution >= 0.6 is 0 Å². The lowest BCUT2D eigenvalue weighted by atomic mass is 10.00. The first-order chi connectivity index (χ1) is 8.54. The van der Waals surface area contributed by atoms with Gasteiger partial charge < -0.3 is 10.1 Å². The number of hydrogen-bond acceptors (Lipinski definition) is 4. The molecule has 1 aromatic carbocycles. The molecule has 1 heterocycles. The molecule has 1 aliphatic heterocycles. The molecule has 2 unspecified atom stereocenters. The largest absolute Gasteiger partial charge is 0.492 e. The van der Waals surface area contributed by atoms with Gasteiger partial charge in [0.25, 0.3) is 0 Å². The molecule has 1 N–H and O–H groups in total. The molecule has 0 fully saturated rings. The molecule has 2 rings (SSSR count). The number of hydrogen-bond donors (Lipinski definition) is 1. The lowest BCUT2D eigenvalue weighted by Crippen LogP contribution is -2.44. The van der Waals surface area contributed by atoms with Crippen LogP contribution in [-0.4, -0.2) is 33.1 Å². The molecule has 4 nitrogen and oxygen atoms in total. The summed E-state index contributed by atoms with van der Waals surface area (Å²) in [5.74, 6) is 0.783. The Labute approximate surface area is 108 Å². The first kappa shape index (κ1) is 13.4. The Kier molecular flexibility index (Phi) is 3.92. The van der Waals surface area contributed by atoms with Gasteiger partial charge in [0.1, 0.15) is 17.6 Å². The second kappa shape index (κ2) is 5.28. The zero-order chi connectivity index (χ0) is 13.2. The summed E-state index contributed by atoms with van der Waals surface area (Å²) >= 11 is 0. The maximum atomic E-state index is 11.8. The van der Waals surface area contributed by atoms with E-state index >= 15 is 0 Å². The summed E-state index contributed by atoms with van der Waals surface area (Å²) in [5.41, 5.74) is 0.938. The van der Waals surface area contributed by atoms with E-state index < -0.39 is 15.1 Å². The standard InChI is InChI=1S/C13H19NO3S/c1-3-8-14-13-10-6-4-5-7-11(10)17-9-12(13)18(2,15)16/h4-7,12-14H,3,8-9H2,1-2H3. The predicted octanol–water partition coefficient (Wildman–Crippen LogP) is 1.53. The second-order valence-corrected chi connectivity index (χ2v) is 6.91. The predicted molar refractivity (Wildman–Crippen MR) is 71.6 cm³/mol. The number of para-hydroxylation sites is 1. The number of rotatable bonds is 4. The van der Waals surface area contributed by atoms with Gasteiger partial charge in [-0.15, -0.1) is 0 Å². The number of benzene rings is 1. The van der Waals surface area contributed by atoms with Crippen molar-refractivity contribution in [2.75, 3.05) is 19.4 Å². The normalized spacial score (nSPS) is 23.2. The molecular weight excluding hydrogens is 250 g/mol. The summed E-state index contributed by atoms with van der Waals surface area (Å²) in [6.45, 7) is 3.08. The van der Waals surface area contributed by atoms with E-state index in [-0.39, 0.29) is 12.6 Å². The fourth-order valence-electron chi connectivity index (χ4n) is 2.25. The molecule has 1 aromatic rings. The van der Waals surface area contributed by atoms with E-state index in [1.165, 1.54) is 6.26 Å². The molecular formula is C13H19NO3S. The van der Waals surface area contributed by atoms with E-state index in [0.29, 0.717) is 0 Å². The summed E-state index contributed by atoms with van der Waals surface area (Å²) in [6.07, 6.45) is 2.24. The van der Waals surface area contributed by atoms with Gasteiger partial charge in [0.15, 0.2) is 9.84 Å². The highest BCUT2D eigenvalue weighted by Gasteiger charge is 2.36. The molecule has 18 heavy (non-hydrogen) atoms.